The largest absolute Gasteiger partial charge is 0.458 e. The normalized spacial score (nSPS) is 42.4. The molecular weight excluding hydrogens is 448 g/mol. The Labute approximate surface area is 197 Å². The lowest BCUT2D eigenvalue weighted by atomic mass is 9.47. The minimum atomic E-state index is -1.75. The predicted molar refractivity (Wildman–Crippen MR) is 114 cm³/mol. The minimum Gasteiger partial charge on any atom is -0.458 e. The van der Waals surface area contributed by atoms with E-state index < -0.39 is 70.5 Å². The Balaban J connectivity index is 1.91. The van der Waals surface area contributed by atoms with Gasteiger partial charge in [-0.2, -0.15) is 0 Å². The van der Waals surface area contributed by atoms with Crippen molar-refractivity contribution in [1.29, 1.82) is 0 Å². The summed E-state index contributed by atoms with van der Waals surface area (Å²) in [5, 5.41) is 23.4. The molecule has 10 nitrogen and oxygen atoms in total. The van der Waals surface area contributed by atoms with E-state index in [1.54, 1.807) is 26.8 Å². The van der Waals surface area contributed by atoms with Crippen LogP contribution >= 0.6 is 0 Å². The summed E-state index contributed by atoms with van der Waals surface area (Å²) in [5.74, 6) is -2.59. The van der Waals surface area contributed by atoms with Crippen LogP contribution in [0.1, 0.15) is 64.9 Å². The number of ether oxygens (including phenoxy) is 4. The van der Waals surface area contributed by atoms with E-state index in [-0.39, 0.29) is 18.6 Å². The van der Waals surface area contributed by atoms with Crippen LogP contribution in [0, 0.1) is 11.3 Å². The lowest BCUT2D eigenvalue weighted by Gasteiger charge is -2.65. The van der Waals surface area contributed by atoms with Crippen molar-refractivity contribution in [2.45, 2.75) is 95.6 Å². The van der Waals surface area contributed by atoms with Gasteiger partial charge in [0.1, 0.15) is 17.8 Å². The number of aliphatic hydroxyl groups excluding tert-OH is 1. The van der Waals surface area contributed by atoms with Crippen LogP contribution in [-0.2, 0) is 28.5 Å². The maximum Gasteiger partial charge on any atom is 0.374 e. The molecule has 4 rings (SSSR count). The molecule has 34 heavy (non-hydrogen) atoms. The Morgan fingerprint density at radius 3 is 2.26 bits per heavy atom. The Bertz CT molecular complexity index is 982. The molecule has 8 atom stereocenters. The molecule has 2 aliphatic carbocycles. The predicted octanol–water partition coefficient (Wildman–Crippen LogP) is 1.76. The van der Waals surface area contributed by atoms with E-state index in [2.05, 4.69) is 0 Å². The summed E-state index contributed by atoms with van der Waals surface area (Å²) in [6.07, 6.45) is -3.12. The van der Waals surface area contributed by atoms with Crippen molar-refractivity contribution >= 4 is 17.9 Å². The Morgan fingerprint density at radius 1 is 1.06 bits per heavy atom. The second kappa shape index (κ2) is 7.79. The molecule has 1 aromatic heterocycles. The second-order valence-corrected chi connectivity index (χ2v) is 10.5. The fraction of sp³-hybridized carbons (Fsp3) is 0.708. The highest BCUT2D eigenvalue weighted by Crippen LogP contribution is 2.68. The van der Waals surface area contributed by atoms with Crippen LogP contribution in [0.15, 0.2) is 22.8 Å². The van der Waals surface area contributed by atoms with E-state index in [0.29, 0.717) is 0 Å². The minimum absolute atomic E-state index is 0.0283. The molecule has 2 heterocycles. The second-order valence-electron chi connectivity index (χ2n) is 10.5. The topological polar surface area (TPSA) is 142 Å². The van der Waals surface area contributed by atoms with Crippen LogP contribution in [-0.4, -0.2) is 69.3 Å². The average molecular weight is 481 g/mol. The van der Waals surface area contributed by atoms with Gasteiger partial charge in [0.2, 0.25) is 5.76 Å². The molecule has 0 unspecified atom stereocenters. The number of carbonyl (C=O) groups is 3. The van der Waals surface area contributed by atoms with E-state index in [4.69, 9.17) is 23.4 Å². The van der Waals surface area contributed by atoms with Crippen molar-refractivity contribution in [3.8, 4) is 0 Å². The first-order valence-corrected chi connectivity index (χ1v) is 11.4. The van der Waals surface area contributed by atoms with Crippen LogP contribution in [0.5, 0.6) is 0 Å². The Kier molecular flexibility index (Phi) is 5.66. The van der Waals surface area contributed by atoms with Crippen molar-refractivity contribution in [2.75, 3.05) is 0 Å². The van der Waals surface area contributed by atoms with Gasteiger partial charge in [-0.25, -0.2) is 4.79 Å². The fourth-order valence-electron chi connectivity index (χ4n) is 6.66. The number of hydrogen-bond donors (Lipinski definition) is 2. The fourth-order valence-corrected chi connectivity index (χ4v) is 6.66. The van der Waals surface area contributed by atoms with Crippen LogP contribution in [0.25, 0.3) is 0 Å². The van der Waals surface area contributed by atoms with E-state index >= 15 is 0 Å². The zero-order valence-electron chi connectivity index (χ0n) is 20.2. The molecule has 1 aliphatic heterocycles. The van der Waals surface area contributed by atoms with Gasteiger partial charge in [-0.15, -0.1) is 0 Å². The van der Waals surface area contributed by atoms with Crippen molar-refractivity contribution in [2.24, 2.45) is 11.3 Å². The third-order valence-corrected chi connectivity index (χ3v) is 7.96. The van der Waals surface area contributed by atoms with Crippen molar-refractivity contribution < 1.29 is 48.0 Å². The summed E-state index contributed by atoms with van der Waals surface area (Å²) in [6, 6.07) is 3.00. The first-order valence-electron chi connectivity index (χ1n) is 11.4. The molecule has 2 N–H and O–H groups in total. The molecule has 188 valence electrons. The van der Waals surface area contributed by atoms with Gasteiger partial charge in [0.15, 0.2) is 6.10 Å². The lowest BCUT2D eigenvalue weighted by Crippen LogP contribution is -2.81. The number of carbonyl (C=O) groups excluding carboxylic acids is 3. The highest BCUT2D eigenvalue weighted by atomic mass is 16.6. The van der Waals surface area contributed by atoms with Gasteiger partial charge >= 0.3 is 17.9 Å². The smallest absolute Gasteiger partial charge is 0.374 e. The third kappa shape index (κ3) is 3.30. The first-order chi connectivity index (χ1) is 15.7. The Morgan fingerprint density at radius 2 is 1.71 bits per heavy atom. The molecule has 3 aliphatic rings. The number of rotatable bonds is 4. The summed E-state index contributed by atoms with van der Waals surface area (Å²) in [4.78, 5) is 37.1. The molecule has 2 saturated carbocycles. The van der Waals surface area contributed by atoms with Crippen LogP contribution in [0.2, 0.25) is 0 Å². The number of furan rings is 1. The van der Waals surface area contributed by atoms with Gasteiger partial charge < -0.3 is 33.6 Å². The van der Waals surface area contributed by atoms with Gasteiger partial charge in [0.25, 0.3) is 0 Å². The lowest BCUT2D eigenvalue weighted by molar-refractivity contribution is -0.343. The van der Waals surface area contributed by atoms with E-state index in [9.17, 15) is 24.6 Å². The van der Waals surface area contributed by atoms with Crippen LogP contribution in [0.4, 0.5) is 0 Å². The summed E-state index contributed by atoms with van der Waals surface area (Å²) in [6.45, 7) is 9.13. The number of fused-ring (bicyclic) bond motifs is 1. The highest BCUT2D eigenvalue weighted by Gasteiger charge is 2.83. The molecule has 1 aromatic rings. The summed E-state index contributed by atoms with van der Waals surface area (Å²) < 4.78 is 28.8. The molecule has 10 heteroatoms. The maximum absolute atomic E-state index is 12.9. The molecule has 0 aromatic carbocycles. The molecule has 0 radical (unpaired) electrons. The highest BCUT2D eigenvalue weighted by molar-refractivity contribution is 5.86. The van der Waals surface area contributed by atoms with E-state index in [1.807, 2.05) is 0 Å². The third-order valence-electron chi connectivity index (χ3n) is 7.96. The summed E-state index contributed by atoms with van der Waals surface area (Å²) in [5.41, 5.74) is -5.88. The van der Waals surface area contributed by atoms with E-state index in [1.165, 1.54) is 33.1 Å². The number of aliphatic hydroxyl groups is 2. The SMILES string of the molecule is CC(=O)O[C@H]1C[C@](C)(O)[C@]23OC(C)(C)[C@H](C[C@H](OC(=O)c4ccco4)[C@]2(C)[C@H]1OC(C)=O)[C@H]3O. The molecule has 2 bridgehead atoms. The van der Waals surface area contributed by atoms with Gasteiger partial charge in [-0.3, -0.25) is 9.59 Å². The van der Waals surface area contributed by atoms with Crippen LogP contribution in [0.3, 0.4) is 0 Å². The van der Waals surface area contributed by atoms with Crippen molar-refractivity contribution in [3.05, 3.63) is 24.2 Å². The zero-order chi connectivity index (χ0) is 25.3. The molecule has 1 spiro atoms. The first kappa shape index (κ1) is 24.7. The molecular formula is C24H32O10. The van der Waals surface area contributed by atoms with Gasteiger partial charge in [0, 0.05) is 26.2 Å². The summed E-state index contributed by atoms with van der Waals surface area (Å²) >= 11 is 0. The van der Waals surface area contributed by atoms with Crippen molar-refractivity contribution in [3.63, 3.8) is 0 Å². The monoisotopic (exact) mass is 480 g/mol. The maximum atomic E-state index is 12.9. The van der Waals surface area contributed by atoms with Gasteiger partial charge in [-0.1, -0.05) is 0 Å². The summed E-state index contributed by atoms with van der Waals surface area (Å²) in [7, 11) is 0. The zero-order valence-corrected chi connectivity index (χ0v) is 20.2. The van der Waals surface area contributed by atoms with E-state index in [0.717, 1.165) is 0 Å². The molecule has 0 amide bonds. The quantitative estimate of drug-likeness (QED) is 0.483. The standard InChI is InChI=1S/C24H32O10/c1-12(25)31-16-11-22(5,29)24-18(27)14(21(3,4)34-24)10-17(23(24,6)19(16)32-13(2)26)33-20(28)15-8-7-9-30-15/h7-9,14,16-19,27,29H,10-11H2,1-6H3/t14-,16+,17+,18-,19+,22+,23-,24+/m1/s1. The average Bonchev–Trinajstić information content (AvgIpc) is 3.28. The van der Waals surface area contributed by atoms with Gasteiger partial charge in [-0.05, 0) is 46.2 Å². The number of hydrogen-bond acceptors (Lipinski definition) is 10. The van der Waals surface area contributed by atoms with Crippen LogP contribution < -0.4 is 0 Å². The number of esters is 3. The Hall–Kier alpha value is -2.43. The molecule has 1 saturated heterocycles. The molecule has 3 fully saturated rings. The van der Waals surface area contributed by atoms with Crippen molar-refractivity contribution in [1.82, 2.24) is 0 Å². The van der Waals surface area contributed by atoms with Gasteiger partial charge in [0.05, 0.1) is 29.0 Å².